The third-order valence-corrected chi connectivity index (χ3v) is 10.4. The lowest BCUT2D eigenvalue weighted by Gasteiger charge is -2.41. The fourth-order valence-electron chi connectivity index (χ4n) is 5.56. The van der Waals surface area contributed by atoms with Crippen molar-refractivity contribution in [2.75, 3.05) is 4.90 Å². The highest BCUT2D eigenvalue weighted by molar-refractivity contribution is 7.99. The van der Waals surface area contributed by atoms with Gasteiger partial charge >= 0.3 is 0 Å². The molecular weight excluding hydrogens is 418 g/mol. The zero-order valence-electron chi connectivity index (χ0n) is 22.9. The molecule has 0 spiro atoms. The summed E-state index contributed by atoms with van der Waals surface area (Å²) in [7, 11) is 0. The van der Waals surface area contributed by atoms with Gasteiger partial charge in [0, 0.05) is 9.79 Å². The molecule has 0 saturated heterocycles. The van der Waals surface area contributed by atoms with E-state index in [4.69, 9.17) is 0 Å². The van der Waals surface area contributed by atoms with Crippen molar-refractivity contribution in [3.8, 4) is 0 Å². The smallest absolute Gasteiger partial charge is 0.0636 e. The largest absolute Gasteiger partial charge is 0.307 e. The van der Waals surface area contributed by atoms with Crippen LogP contribution in [0.2, 0.25) is 0 Å². The Bertz CT molecular complexity index is 1220. The Hall–Kier alpha value is -2.19. The molecule has 0 radical (unpaired) electrons. The molecule has 0 aromatic heterocycles. The molecule has 33 heavy (non-hydrogen) atoms. The van der Waals surface area contributed by atoms with Crippen LogP contribution in [0.15, 0.2) is 9.79 Å². The number of fused-ring (bicyclic) bond motifs is 2. The van der Waals surface area contributed by atoms with Crippen molar-refractivity contribution in [1.29, 1.82) is 0 Å². The summed E-state index contributed by atoms with van der Waals surface area (Å²) >= 11 is 1.99. The van der Waals surface area contributed by atoms with E-state index in [-0.39, 0.29) is 0 Å². The minimum Gasteiger partial charge on any atom is -0.307 e. The molecule has 2 heteroatoms. The third kappa shape index (κ3) is 3.13. The minimum absolute atomic E-state index is 1.37. The Balaban J connectivity index is 2.28. The van der Waals surface area contributed by atoms with E-state index >= 15 is 0 Å². The maximum Gasteiger partial charge on any atom is 0.0636 e. The molecule has 0 amide bonds. The van der Waals surface area contributed by atoms with Gasteiger partial charge in [-0.05, 0) is 162 Å². The van der Waals surface area contributed by atoms with Gasteiger partial charge in [0.15, 0.2) is 0 Å². The SMILES string of the molecule is Cc1c(C)c(C)c(N2c3c(C)c(C)c(C)c(C)c3Sc3c(C)c(C)c(C)c(C)c32)c(C)c1C. The second-order valence-electron chi connectivity index (χ2n) is 10.3. The van der Waals surface area contributed by atoms with Gasteiger partial charge in [0.25, 0.3) is 0 Å². The van der Waals surface area contributed by atoms with Crippen LogP contribution in [0, 0.1) is 90.0 Å². The molecule has 3 aromatic rings. The van der Waals surface area contributed by atoms with Crippen LogP contribution in [0.5, 0.6) is 0 Å². The predicted octanol–water partition coefficient (Wildman–Crippen LogP) is 9.63. The van der Waals surface area contributed by atoms with Crippen molar-refractivity contribution < 1.29 is 0 Å². The lowest BCUT2D eigenvalue weighted by molar-refractivity contribution is 1.02. The second kappa shape index (κ2) is 7.94. The van der Waals surface area contributed by atoms with E-state index in [1.54, 1.807) is 0 Å². The van der Waals surface area contributed by atoms with Gasteiger partial charge < -0.3 is 4.90 Å². The van der Waals surface area contributed by atoms with Crippen LogP contribution in [0.1, 0.15) is 72.3 Å². The lowest BCUT2D eigenvalue weighted by atomic mass is 9.89. The van der Waals surface area contributed by atoms with E-state index in [1.165, 1.54) is 99.2 Å². The average molecular weight is 458 g/mol. The molecular formula is C31H39NS. The molecule has 0 bridgehead atoms. The van der Waals surface area contributed by atoms with Crippen LogP contribution in [0.4, 0.5) is 17.1 Å². The Kier molecular flexibility index (Phi) is 5.77. The number of anilines is 3. The molecule has 4 rings (SSSR count). The number of nitrogens with zero attached hydrogens (tertiary/aromatic N) is 1. The van der Waals surface area contributed by atoms with Crippen molar-refractivity contribution in [3.05, 3.63) is 72.3 Å². The summed E-state index contributed by atoms with van der Waals surface area (Å²) in [5, 5.41) is 0. The van der Waals surface area contributed by atoms with E-state index in [0.29, 0.717) is 0 Å². The molecule has 0 N–H and O–H groups in total. The summed E-state index contributed by atoms with van der Waals surface area (Å²) < 4.78 is 0. The van der Waals surface area contributed by atoms with Crippen LogP contribution in [0.3, 0.4) is 0 Å². The van der Waals surface area contributed by atoms with E-state index in [0.717, 1.165) is 0 Å². The molecule has 1 nitrogen and oxygen atoms in total. The molecule has 1 aliphatic heterocycles. The maximum absolute atomic E-state index is 2.65. The number of benzene rings is 3. The van der Waals surface area contributed by atoms with Crippen LogP contribution in [0.25, 0.3) is 0 Å². The summed E-state index contributed by atoms with van der Waals surface area (Å²) in [6.45, 7) is 29.9. The topological polar surface area (TPSA) is 3.24 Å². The highest BCUT2D eigenvalue weighted by Crippen LogP contribution is 2.59. The van der Waals surface area contributed by atoms with Crippen molar-refractivity contribution in [2.45, 2.75) is 99.8 Å². The Morgan fingerprint density at radius 2 is 0.545 bits per heavy atom. The van der Waals surface area contributed by atoms with Gasteiger partial charge in [-0.3, -0.25) is 0 Å². The molecule has 0 fully saturated rings. The summed E-state index contributed by atoms with van der Waals surface area (Å²) in [5.74, 6) is 0. The Morgan fingerprint density at radius 3 is 0.879 bits per heavy atom. The first kappa shape index (κ1) is 24.0. The first-order chi connectivity index (χ1) is 15.3. The van der Waals surface area contributed by atoms with Crippen LogP contribution in [-0.2, 0) is 0 Å². The fourth-order valence-corrected chi connectivity index (χ4v) is 7.06. The average Bonchev–Trinajstić information content (AvgIpc) is 2.80. The Labute approximate surface area is 205 Å². The van der Waals surface area contributed by atoms with Gasteiger partial charge in [0.1, 0.15) is 0 Å². The van der Waals surface area contributed by atoms with Gasteiger partial charge in [-0.25, -0.2) is 0 Å². The highest BCUT2D eigenvalue weighted by Gasteiger charge is 2.35. The minimum atomic E-state index is 1.37. The molecule has 174 valence electrons. The van der Waals surface area contributed by atoms with Gasteiger partial charge in [0.2, 0.25) is 0 Å². The molecule has 0 unspecified atom stereocenters. The molecule has 0 saturated carbocycles. The summed E-state index contributed by atoms with van der Waals surface area (Å²) in [5.41, 5.74) is 22.5. The zero-order valence-corrected chi connectivity index (χ0v) is 23.7. The highest BCUT2D eigenvalue weighted by atomic mass is 32.2. The van der Waals surface area contributed by atoms with Gasteiger partial charge in [-0.2, -0.15) is 0 Å². The summed E-state index contributed by atoms with van der Waals surface area (Å²) in [6, 6.07) is 0. The number of hydrogen-bond acceptors (Lipinski definition) is 2. The van der Waals surface area contributed by atoms with Crippen LogP contribution >= 0.6 is 11.8 Å². The van der Waals surface area contributed by atoms with Crippen LogP contribution < -0.4 is 4.90 Å². The molecule has 1 aliphatic rings. The quantitative estimate of drug-likeness (QED) is 0.280. The van der Waals surface area contributed by atoms with Crippen molar-refractivity contribution in [1.82, 2.24) is 0 Å². The zero-order chi connectivity index (χ0) is 24.7. The molecule has 0 aliphatic carbocycles. The van der Waals surface area contributed by atoms with Gasteiger partial charge in [-0.1, -0.05) is 11.8 Å². The maximum atomic E-state index is 2.65. The molecule has 0 atom stereocenters. The molecule has 1 heterocycles. The monoisotopic (exact) mass is 457 g/mol. The number of hydrogen-bond donors (Lipinski definition) is 0. The van der Waals surface area contributed by atoms with Crippen molar-refractivity contribution in [2.24, 2.45) is 0 Å². The van der Waals surface area contributed by atoms with E-state index in [1.807, 2.05) is 11.8 Å². The third-order valence-electron chi connectivity index (χ3n) is 9.03. The van der Waals surface area contributed by atoms with Gasteiger partial charge in [0.05, 0.1) is 17.1 Å². The predicted molar refractivity (Wildman–Crippen MR) is 147 cm³/mol. The number of rotatable bonds is 1. The van der Waals surface area contributed by atoms with E-state index in [9.17, 15) is 0 Å². The molecule has 3 aromatic carbocycles. The lowest BCUT2D eigenvalue weighted by Crippen LogP contribution is -2.23. The summed E-state index contributed by atoms with van der Waals surface area (Å²) in [4.78, 5) is 5.49. The normalized spacial score (nSPS) is 12.8. The first-order valence-corrected chi connectivity index (χ1v) is 12.9. The van der Waals surface area contributed by atoms with E-state index in [2.05, 4.69) is 94.9 Å². The van der Waals surface area contributed by atoms with Crippen LogP contribution in [-0.4, -0.2) is 0 Å². The van der Waals surface area contributed by atoms with E-state index < -0.39 is 0 Å². The van der Waals surface area contributed by atoms with Crippen molar-refractivity contribution >= 4 is 28.8 Å². The fraction of sp³-hybridized carbons (Fsp3) is 0.419. The Morgan fingerprint density at radius 1 is 0.303 bits per heavy atom. The first-order valence-electron chi connectivity index (χ1n) is 12.1. The van der Waals surface area contributed by atoms with Gasteiger partial charge in [-0.15, -0.1) is 0 Å². The summed E-state index contributed by atoms with van der Waals surface area (Å²) in [6.07, 6.45) is 0. The second-order valence-corrected chi connectivity index (χ2v) is 11.3. The van der Waals surface area contributed by atoms with Crippen molar-refractivity contribution in [3.63, 3.8) is 0 Å². The standard InChI is InChI=1S/C31H39NS/c1-14-15(2)21(8)27(22(9)16(14)3)32-28-23(10)17(4)19(6)25(12)30(28)33-31-26(13)20(7)18(5)24(11)29(31)32/h1-13H3.